The maximum atomic E-state index is 14.3. The Morgan fingerprint density at radius 3 is 2.66 bits per heavy atom. The molecule has 0 radical (unpaired) electrons. The molecule has 1 aromatic carbocycles. The molecule has 0 saturated carbocycles. The first-order valence-electron chi connectivity index (χ1n) is 9.86. The first-order chi connectivity index (χ1) is 14.0. The van der Waals surface area contributed by atoms with Crippen LogP contribution in [0.3, 0.4) is 0 Å². The standard InChI is InChI=1S/C23H23F2N3O/c1-15-19-4-2-3-5-21(19)28(14-17-6-7-18(24)12-20(17)25)22(15)23(29)27-13-16-8-10-26-11-9-16/h6-12H,2-5,13-14H2,1H3,(H,27,29). The van der Waals surface area contributed by atoms with Crippen LogP contribution in [-0.2, 0) is 25.9 Å². The second kappa shape index (κ2) is 8.15. The van der Waals surface area contributed by atoms with Crippen LogP contribution in [0.4, 0.5) is 8.78 Å². The van der Waals surface area contributed by atoms with Gasteiger partial charge in [-0.1, -0.05) is 6.07 Å². The van der Waals surface area contributed by atoms with Crippen LogP contribution >= 0.6 is 0 Å². The van der Waals surface area contributed by atoms with Gasteiger partial charge in [0.2, 0.25) is 0 Å². The molecular formula is C23H23F2N3O. The minimum Gasteiger partial charge on any atom is -0.347 e. The fourth-order valence-corrected chi connectivity index (χ4v) is 4.13. The Kier molecular flexibility index (Phi) is 5.43. The summed E-state index contributed by atoms with van der Waals surface area (Å²) in [5.41, 5.74) is 5.12. The van der Waals surface area contributed by atoms with Gasteiger partial charge < -0.3 is 9.88 Å². The van der Waals surface area contributed by atoms with Crippen molar-refractivity contribution in [1.29, 1.82) is 0 Å². The average molecular weight is 395 g/mol. The minimum atomic E-state index is -0.604. The Morgan fingerprint density at radius 2 is 1.90 bits per heavy atom. The fraction of sp³-hybridized carbons (Fsp3) is 0.304. The molecule has 0 saturated heterocycles. The molecule has 3 aromatic rings. The van der Waals surface area contributed by atoms with Crippen LogP contribution in [0.1, 0.15) is 51.3 Å². The summed E-state index contributed by atoms with van der Waals surface area (Å²) in [5, 5.41) is 2.97. The quantitative estimate of drug-likeness (QED) is 0.699. The topological polar surface area (TPSA) is 46.9 Å². The lowest BCUT2D eigenvalue weighted by Gasteiger charge is -2.17. The van der Waals surface area contributed by atoms with E-state index in [-0.39, 0.29) is 12.5 Å². The Labute approximate surface area is 168 Å². The van der Waals surface area contributed by atoms with Gasteiger partial charge >= 0.3 is 0 Å². The molecule has 1 amide bonds. The maximum Gasteiger partial charge on any atom is 0.268 e. The molecule has 2 aromatic heterocycles. The van der Waals surface area contributed by atoms with Gasteiger partial charge in [0.25, 0.3) is 5.91 Å². The second-order valence-corrected chi connectivity index (χ2v) is 7.47. The normalized spacial score (nSPS) is 13.2. The average Bonchev–Trinajstić information content (AvgIpc) is 3.01. The summed E-state index contributed by atoms with van der Waals surface area (Å²) in [7, 11) is 0. The molecule has 6 heteroatoms. The van der Waals surface area contributed by atoms with Gasteiger partial charge in [-0.15, -0.1) is 0 Å². The number of hydrogen-bond donors (Lipinski definition) is 1. The highest BCUT2D eigenvalue weighted by Crippen LogP contribution is 2.31. The first-order valence-corrected chi connectivity index (χ1v) is 9.86. The predicted octanol–water partition coefficient (Wildman–Crippen LogP) is 4.33. The minimum absolute atomic E-state index is 0.184. The van der Waals surface area contributed by atoms with Crippen LogP contribution < -0.4 is 5.32 Å². The third-order valence-electron chi connectivity index (χ3n) is 5.60. The largest absolute Gasteiger partial charge is 0.347 e. The highest BCUT2D eigenvalue weighted by atomic mass is 19.1. The van der Waals surface area contributed by atoms with Gasteiger partial charge in [0.1, 0.15) is 17.3 Å². The summed E-state index contributed by atoms with van der Waals surface area (Å²) in [6.07, 6.45) is 7.28. The van der Waals surface area contributed by atoms with Gasteiger partial charge in [-0.25, -0.2) is 8.78 Å². The van der Waals surface area contributed by atoms with Gasteiger partial charge in [0.15, 0.2) is 0 Å². The molecule has 0 fully saturated rings. The number of halogens is 2. The lowest BCUT2D eigenvalue weighted by Crippen LogP contribution is -2.27. The van der Waals surface area contributed by atoms with Crippen LogP contribution in [0.2, 0.25) is 0 Å². The molecule has 1 N–H and O–H groups in total. The van der Waals surface area contributed by atoms with Crippen molar-refractivity contribution < 1.29 is 13.6 Å². The number of aromatic nitrogens is 2. The number of nitrogens with zero attached hydrogens (tertiary/aromatic N) is 2. The van der Waals surface area contributed by atoms with E-state index in [1.165, 1.54) is 17.7 Å². The third-order valence-corrected chi connectivity index (χ3v) is 5.60. The fourth-order valence-electron chi connectivity index (χ4n) is 4.13. The van der Waals surface area contributed by atoms with Crippen LogP contribution in [0.15, 0.2) is 42.7 Å². The van der Waals surface area contributed by atoms with E-state index in [1.807, 2.05) is 23.6 Å². The Bertz CT molecular complexity index is 1040. The summed E-state index contributed by atoms with van der Waals surface area (Å²) in [4.78, 5) is 17.1. The number of pyridine rings is 1. The van der Waals surface area contributed by atoms with Crippen LogP contribution in [0.5, 0.6) is 0 Å². The summed E-state index contributed by atoms with van der Waals surface area (Å²) >= 11 is 0. The Morgan fingerprint density at radius 1 is 1.14 bits per heavy atom. The lowest BCUT2D eigenvalue weighted by molar-refractivity contribution is 0.0941. The van der Waals surface area contributed by atoms with Gasteiger partial charge in [-0.3, -0.25) is 9.78 Å². The van der Waals surface area contributed by atoms with E-state index in [4.69, 9.17) is 0 Å². The number of fused-ring (bicyclic) bond motifs is 1. The van der Waals surface area contributed by atoms with Crippen LogP contribution in [-0.4, -0.2) is 15.5 Å². The Balaban J connectivity index is 1.68. The van der Waals surface area contributed by atoms with Crippen LogP contribution in [0, 0.1) is 18.6 Å². The third kappa shape index (κ3) is 3.92. The number of carbonyl (C=O) groups is 1. The molecule has 0 atom stereocenters. The van der Waals surface area contributed by atoms with E-state index >= 15 is 0 Å². The molecule has 29 heavy (non-hydrogen) atoms. The highest BCUT2D eigenvalue weighted by molar-refractivity contribution is 5.95. The first kappa shape index (κ1) is 19.3. The maximum absolute atomic E-state index is 14.3. The lowest BCUT2D eigenvalue weighted by atomic mass is 9.95. The number of hydrogen-bond acceptors (Lipinski definition) is 2. The summed E-state index contributed by atoms with van der Waals surface area (Å²) < 4.78 is 29.6. The number of nitrogens with one attached hydrogen (secondary N) is 1. The van der Waals surface area contributed by atoms with Crippen molar-refractivity contribution in [2.45, 2.75) is 45.7 Å². The molecular weight excluding hydrogens is 372 g/mol. The van der Waals surface area contributed by atoms with E-state index in [9.17, 15) is 13.6 Å². The van der Waals surface area contributed by atoms with E-state index in [0.717, 1.165) is 48.6 Å². The van der Waals surface area contributed by atoms with Crippen molar-refractivity contribution in [2.24, 2.45) is 0 Å². The summed E-state index contributed by atoms with van der Waals surface area (Å²) in [5.74, 6) is -1.38. The van der Waals surface area contributed by atoms with Gasteiger partial charge in [0, 0.05) is 36.3 Å². The predicted molar refractivity (Wildman–Crippen MR) is 107 cm³/mol. The van der Waals surface area contributed by atoms with Gasteiger partial charge in [-0.05, 0) is 67.5 Å². The number of rotatable bonds is 5. The molecule has 4 nitrogen and oxygen atoms in total. The number of benzene rings is 1. The van der Waals surface area contributed by atoms with Crippen LogP contribution in [0.25, 0.3) is 0 Å². The molecule has 150 valence electrons. The molecule has 0 bridgehead atoms. The van der Waals surface area contributed by atoms with E-state index in [2.05, 4.69) is 10.3 Å². The number of amides is 1. The molecule has 2 heterocycles. The second-order valence-electron chi connectivity index (χ2n) is 7.47. The zero-order valence-electron chi connectivity index (χ0n) is 16.3. The summed E-state index contributed by atoms with van der Waals surface area (Å²) in [6, 6.07) is 7.30. The molecule has 0 spiro atoms. The zero-order chi connectivity index (χ0) is 20.4. The molecule has 0 aliphatic heterocycles. The highest BCUT2D eigenvalue weighted by Gasteiger charge is 2.26. The van der Waals surface area contributed by atoms with Crippen molar-refractivity contribution in [1.82, 2.24) is 14.9 Å². The van der Waals surface area contributed by atoms with E-state index in [1.54, 1.807) is 12.4 Å². The molecule has 1 aliphatic rings. The van der Waals surface area contributed by atoms with Crippen molar-refractivity contribution >= 4 is 5.91 Å². The van der Waals surface area contributed by atoms with Crippen molar-refractivity contribution in [2.75, 3.05) is 0 Å². The zero-order valence-corrected chi connectivity index (χ0v) is 16.3. The van der Waals surface area contributed by atoms with Crippen molar-refractivity contribution in [3.05, 3.63) is 88.0 Å². The summed E-state index contributed by atoms with van der Waals surface area (Å²) in [6.45, 7) is 2.56. The molecule has 4 rings (SSSR count). The molecule has 0 unspecified atom stereocenters. The molecule has 1 aliphatic carbocycles. The van der Waals surface area contributed by atoms with Gasteiger partial charge in [-0.2, -0.15) is 0 Å². The van der Waals surface area contributed by atoms with Crippen molar-refractivity contribution in [3.63, 3.8) is 0 Å². The monoisotopic (exact) mass is 395 g/mol. The van der Waals surface area contributed by atoms with E-state index < -0.39 is 11.6 Å². The number of carbonyl (C=O) groups excluding carboxylic acids is 1. The van der Waals surface area contributed by atoms with E-state index in [0.29, 0.717) is 17.8 Å². The Hall–Kier alpha value is -3.02. The van der Waals surface area contributed by atoms with Crippen molar-refractivity contribution in [3.8, 4) is 0 Å². The van der Waals surface area contributed by atoms with Gasteiger partial charge in [0.05, 0.1) is 6.54 Å². The SMILES string of the molecule is Cc1c2c(n(Cc3ccc(F)cc3F)c1C(=O)NCc1ccncc1)CCCC2. The smallest absolute Gasteiger partial charge is 0.268 e.